The Bertz CT molecular complexity index is 312. The summed E-state index contributed by atoms with van der Waals surface area (Å²) in [5.74, 6) is 0. The van der Waals surface area contributed by atoms with Gasteiger partial charge in [0, 0.05) is 18.6 Å². The molecule has 1 fully saturated rings. The molecule has 3 atom stereocenters. The second kappa shape index (κ2) is 4.33. The zero-order valence-electron chi connectivity index (χ0n) is 9.43. The van der Waals surface area contributed by atoms with Crippen molar-refractivity contribution in [3.8, 4) is 0 Å². The fourth-order valence-corrected chi connectivity index (χ4v) is 2.49. The van der Waals surface area contributed by atoms with Crippen LogP contribution in [0.4, 0.5) is 0 Å². The van der Waals surface area contributed by atoms with Crippen molar-refractivity contribution >= 4 is 0 Å². The van der Waals surface area contributed by atoms with Crippen LogP contribution in [0.5, 0.6) is 0 Å². The zero-order chi connectivity index (χ0) is 10.8. The fourth-order valence-electron chi connectivity index (χ4n) is 2.49. The maximum atomic E-state index is 9.62. The van der Waals surface area contributed by atoms with E-state index < -0.39 is 0 Å². The van der Waals surface area contributed by atoms with E-state index in [-0.39, 0.29) is 6.10 Å². The van der Waals surface area contributed by atoms with Crippen molar-refractivity contribution in [1.82, 2.24) is 4.90 Å². The van der Waals surface area contributed by atoms with Gasteiger partial charge in [0.2, 0.25) is 0 Å². The van der Waals surface area contributed by atoms with Gasteiger partial charge < -0.3 is 5.11 Å². The van der Waals surface area contributed by atoms with Crippen LogP contribution in [0.1, 0.15) is 31.9 Å². The Labute approximate surface area is 91.5 Å². The van der Waals surface area contributed by atoms with Crippen LogP contribution in [-0.2, 0) is 0 Å². The smallest absolute Gasteiger partial charge is 0.0682 e. The first-order chi connectivity index (χ1) is 7.18. The molecule has 2 heteroatoms. The first kappa shape index (κ1) is 10.7. The molecule has 15 heavy (non-hydrogen) atoms. The summed E-state index contributed by atoms with van der Waals surface area (Å²) in [5.41, 5.74) is 1.33. The van der Waals surface area contributed by atoms with Gasteiger partial charge in [-0.05, 0) is 25.8 Å². The molecule has 82 valence electrons. The molecule has 1 aliphatic heterocycles. The number of aliphatic hydroxyl groups excluding tert-OH is 1. The van der Waals surface area contributed by atoms with E-state index in [0.717, 1.165) is 13.0 Å². The van der Waals surface area contributed by atoms with Crippen LogP contribution in [0.2, 0.25) is 0 Å². The van der Waals surface area contributed by atoms with E-state index in [1.807, 2.05) is 6.07 Å². The Hall–Kier alpha value is -0.860. The maximum Gasteiger partial charge on any atom is 0.0682 e. The molecular weight excluding hydrogens is 186 g/mol. The molecule has 1 heterocycles. The first-order valence-corrected chi connectivity index (χ1v) is 5.67. The SMILES string of the molecule is CC1CC(O)CN1C(C)c1ccccc1. The van der Waals surface area contributed by atoms with E-state index in [1.54, 1.807) is 0 Å². The van der Waals surface area contributed by atoms with Crippen LogP contribution < -0.4 is 0 Å². The Morgan fingerprint density at radius 3 is 2.53 bits per heavy atom. The van der Waals surface area contributed by atoms with E-state index in [2.05, 4.69) is 43.0 Å². The molecule has 1 aromatic carbocycles. The van der Waals surface area contributed by atoms with Crippen LogP contribution in [0.25, 0.3) is 0 Å². The molecule has 2 nitrogen and oxygen atoms in total. The van der Waals surface area contributed by atoms with Crippen molar-refractivity contribution in [1.29, 1.82) is 0 Å². The molecule has 1 saturated heterocycles. The molecule has 3 unspecified atom stereocenters. The van der Waals surface area contributed by atoms with Gasteiger partial charge in [0.25, 0.3) is 0 Å². The lowest BCUT2D eigenvalue weighted by Gasteiger charge is -2.28. The van der Waals surface area contributed by atoms with E-state index in [4.69, 9.17) is 0 Å². The third-order valence-corrected chi connectivity index (χ3v) is 3.38. The summed E-state index contributed by atoms with van der Waals surface area (Å²) in [6.07, 6.45) is 0.753. The van der Waals surface area contributed by atoms with Crippen LogP contribution >= 0.6 is 0 Å². The van der Waals surface area contributed by atoms with Crippen LogP contribution in [-0.4, -0.2) is 28.7 Å². The van der Waals surface area contributed by atoms with Gasteiger partial charge in [-0.2, -0.15) is 0 Å². The first-order valence-electron chi connectivity index (χ1n) is 5.67. The molecule has 0 aromatic heterocycles. The van der Waals surface area contributed by atoms with Gasteiger partial charge >= 0.3 is 0 Å². The third-order valence-electron chi connectivity index (χ3n) is 3.38. The summed E-state index contributed by atoms with van der Waals surface area (Å²) >= 11 is 0. The summed E-state index contributed by atoms with van der Waals surface area (Å²) in [4.78, 5) is 2.38. The third kappa shape index (κ3) is 2.21. The number of β-amino-alcohol motifs (C(OH)–C–C–N with tert-alkyl or cyclic N) is 1. The average Bonchev–Trinajstić information content (AvgIpc) is 2.58. The molecule has 1 aliphatic rings. The Balaban J connectivity index is 2.11. The molecular formula is C13H19NO. The normalized spacial score (nSPS) is 29.3. The molecule has 2 rings (SSSR count). The minimum Gasteiger partial charge on any atom is -0.392 e. The lowest BCUT2D eigenvalue weighted by Crippen LogP contribution is -2.30. The number of rotatable bonds is 2. The molecule has 1 N–H and O–H groups in total. The summed E-state index contributed by atoms with van der Waals surface area (Å²) in [6.45, 7) is 5.21. The minimum atomic E-state index is -0.147. The minimum absolute atomic E-state index is 0.147. The van der Waals surface area contributed by atoms with Gasteiger partial charge in [0.05, 0.1) is 6.10 Å². The molecule has 0 aliphatic carbocycles. The summed E-state index contributed by atoms with van der Waals surface area (Å²) < 4.78 is 0. The van der Waals surface area contributed by atoms with E-state index in [0.29, 0.717) is 12.1 Å². The largest absolute Gasteiger partial charge is 0.392 e. The van der Waals surface area contributed by atoms with Crippen molar-refractivity contribution in [3.05, 3.63) is 35.9 Å². The molecule has 0 radical (unpaired) electrons. The second-order valence-corrected chi connectivity index (χ2v) is 4.52. The molecule has 1 aromatic rings. The van der Waals surface area contributed by atoms with Crippen molar-refractivity contribution in [2.24, 2.45) is 0 Å². The van der Waals surface area contributed by atoms with Gasteiger partial charge in [0.1, 0.15) is 0 Å². The highest BCUT2D eigenvalue weighted by Crippen LogP contribution is 2.28. The van der Waals surface area contributed by atoms with Crippen molar-refractivity contribution in [2.75, 3.05) is 6.54 Å². The fraction of sp³-hybridized carbons (Fsp3) is 0.538. The van der Waals surface area contributed by atoms with Crippen molar-refractivity contribution in [2.45, 2.75) is 38.5 Å². The van der Waals surface area contributed by atoms with E-state index in [9.17, 15) is 5.11 Å². The number of aliphatic hydroxyl groups is 1. The van der Waals surface area contributed by atoms with Gasteiger partial charge in [-0.1, -0.05) is 30.3 Å². The quantitative estimate of drug-likeness (QED) is 0.800. The molecule has 0 spiro atoms. The highest BCUT2D eigenvalue weighted by Gasteiger charge is 2.31. The maximum absolute atomic E-state index is 9.62. The highest BCUT2D eigenvalue weighted by atomic mass is 16.3. The Kier molecular flexibility index (Phi) is 3.08. The van der Waals surface area contributed by atoms with Gasteiger partial charge in [-0.25, -0.2) is 0 Å². The topological polar surface area (TPSA) is 23.5 Å². The number of likely N-dealkylation sites (tertiary alicyclic amines) is 1. The van der Waals surface area contributed by atoms with Crippen LogP contribution in [0, 0.1) is 0 Å². The average molecular weight is 205 g/mol. The summed E-state index contributed by atoms with van der Waals surface area (Å²) in [6, 6.07) is 11.4. The van der Waals surface area contributed by atoms with Gasteiger partial charge in [-0.3, -0.25) is 4.90 Å². The van der Waals surface area contributed by atoms with Crippen LogP contribution in [0.3, 0.4) is 0 Å². The summed E-state index contributed by atoms with van der Waals surface area (Å²) in [7, 11) is 0. The predicted molar refractivity (Wildman–Crippen MR) is 61.6 cm³/mol. The van der Waals surface area contributed by atoms with Gasteiger partial charge in [-0.15, -0.1) is 0 Å². The molecule has 0 amide bonds. The number of nitrogens with zero attached hydrogens (tertiary/aromatic N) is 1. The lowest BCUT2D eigenvalue weighted by molar-refractivity contribution is 0.156. The van der Waals surface area contributed by atoms with E-state index >= 15 is 0 Å². The Morgan fingerprint density at radius 1 is 1.33 bits per heavy atom. The van der Waals surface area contributed by atoms with E-state index in [1.165, 1.54) is 5.56 Å². The predicted octanol–water partition coefficient (Wildman–Crippen LogP) is 2.20. The highest BCUT2D eigenvalue weighted by molar-refractivity contribution is 5.18. The van der Waals surface area contributed by atoms with Crippen molar-refractivity contribution < 1.29 is 5.11 Å². The second-order valence-electron chi connectivity index (χ2n) is 4.52. The number of hydrogen-bond acceptors (Lipinski definition) is 2. The standard InChI is InChI=1S/C13H19NO/c1-10-8-13(15)9-14(10)11(2)12-6-4-3-5-7-12/h3-7,10-11,13,15H,8-9H2,1-2H3. The summed E-state index contributed by atoms with van der Waals surface area (Å²) in [5, 5.41) is 9.62. The molecule has 0 saturated carbocycles. The zero-order valence-corrected chi connectivity index (χ0v) is 9.43. The lowest BCUT2D eigenvalue weighted by atomic mass is 10.1. The number of benzene rings is 1. The number of hydrogen-bond donors (Lipinski definition) is 1. The molecule has 0 bridgehead atoms. The Morgan fingerprint density at radius 2 is 2.00 bits per heavy atom. The monoisotopic (exact) mass is 205 g/mol. The van der Waals surface area contributed by atoms with Gasteiger partial charge in [0.15, 0.2) is 0 Å². The van der Waals surface area contributed by atoms with Crippen molar-refractivity contribution in [3.63, 3.8) is 0 Å². The van der Waals surface area contributed by atoms with Crippen LogP contribution in [0.15, 0.2) is 30.3 Å².